The molecule has 2 aromatic rings. The van der Waals surface area contributed by atoms with Gasteiger partial charge in [0.2, 0.25) is 0 Å². The highest BCUT2D eigenvalue weighted by Gasteiger charge is 2.07. The predicted octanol–water partition coefficient (Wildman–Crippen LogP) is 3.26. The zero-order valence-corrected chi connectivity index (χ0v) is 11.4. The Kier molecular flexibility index (Phi) is 3.81. The third-order valence-electron chi connectivity index (χ3n) is 2.35. The molecule has 0 aromatic heterocycles. The van der Waals surface area contributed by atoms with Gasteiger partial charge in [0.05, 0.1) is 5.69 Å². The van der Waals surface area contributed by atoms with E-state index < -0.39 is 5.82 Å². The lowest BCUT2D eigenvalue weighted by molar-refractivity contribution is 0.102. The van der Waals surface area contributed by atoms with Gasteiger partial charge < -0.3 is 11.1 Å². The van der Waals surface area contributed by atoms with Crippen molar-refractivity contribution in [3.05, 3.63) is 57.4 Å². The van der Waals surface area contributed by atoms with Gasteiger partial charge in [-0.1, -0.05) is 6.07 Å². The second-order valence-electron chi connectivity index (χ2n) is 3.70. The zero-order valence-electron chi connectivity index (χ0n) is 9.28. The maximum absolute atomic E-state index is 13.2. The topological polar surface area (TPSA) is 55.1 Å². The number of nitrogens with one attached hydrogen (secondary N) is 1. The van der Waals surface area contributed by atoms with Crippen molar-refractivity contribution in [3.8, 4) is 0 Å². The molecule has 3 nitrogen and oxygen atoms in total. The molecule has 0 saturated carbocycles. The fourth-order valence-electron chi connectivity index (χ4n) is 1.44. The van der Waals surface area contributed by atoms with Crippen LogP contribution in [0.1, 0.15) is 10.4 Å². The normalized spacial score (nSPS) is 10.1. The van der Waals surface area contributed by atoms with Gasteiger partial charge in [0, 0.05) is 14.8 Å². The number of halogens is 2. The second-order valence-corrected chi connectivity index (χ2v) is 4.95. The van der Waals surface area contributed by atoms with E-state index in [1.54, 1.807) is 24.3 Å². The summed E-state index contributed by atoms with van der Waals surface area (Å²) >= 11 is 2.12. The Bertz CT molecular complexity index is 601. The minimum absolute atomic E-state index is 0.0576. The molecule has 0 bridgehead atoms. The van der Waals surface area contributed by atoms with Gasteiger partial charge in [-0.2, -0.15) is 0 Å². The molecule has 2 aromatic carbocycles. The van der Waals surface area contributed by atoms with Crippen LogP contribution >= 0.6 is 22.6 Å². The summed E-state index contributed by atoms with van der Waals surface area (Å²) in [4.78, 5) is 11.9. The van der Waals surface area contributed by atoms with Crippen molar-refractivity contribution >= 4 is 39.9 Å². The highest BCUT2D eigenvalue weighted by molar-refractivity contribution is 14.1. The van der Waals surface area contributed by atoms with Crippen LogP contribution in [0.15, 0.2) is 42.5 Å². The highest BCUT2D eigenvalue weighted by atomic mass is 127. The molecular weight excluding hydrogens is 346 g/mol. The summed E-state index contributed by atoms with van der Waals surface area (Å²) in [7, 11) is 0. The first-order chi connectivity index (χ1) is 8.56. The molecule has 0 aliphatic rings. The molecule has 1 amide bonds. The minimum Gasteiger partial charge on any atom is -0.396 e. The van der Waals surface area contributed by atoms with Gasteiger partial charge in [-0.3, -0.25) is 4.79 Å². The minimum atomic E-state index is -0.546. The number of nitrogens with two attached hydrogens (primary N) is 1. The van der Waals surface area contributed by atoms with Gasteiger partial charge in [-0.25, -0.2) is 4.39 Å². The summed E-state index contributed by atoms with van der Waals surface area (Å²) in [5.74, 6) is -0.826. The molecular formula is C13H10FIN2O. The van der Waals surface area contributed by atoms with Crippen molar-refractivity contribution in [2.24, 2.45) is 0 Å². The molecule has 3 N–H and O–H groups in total. The van der Waals surface area contributed by atoms with Gasteiger partial charge >= 0.3 is 0 Å². The maximum atomic E-state index is 13.2. The molecule has 2 rings (SSSR count). The number of carbonyl (C=O) groups excluding carboxylic acids is 1. The monoisotopic (exact) mass is 356 g/mol. The average Bonchev–Trinajstić information content (AvgIpc) is 2.34. The van der Waals surface area contributed by atoms with Crippen LogP contribution in [0.25, 0.3) is 0 Å². The molecule has 92 valence electrons. The number of rotatable bonds is 2. The third-order valence-corrected chi connectivity index (χ3v) is 3.02. The third kappa shape index (κ3) is 2.98. The first-order valence-electron chi connectivity index (χ1n) is 5.18. The summed E-state index contributed by atoms with van der Waals surface area (Å²) < 4.78 is 14.2. The standard InChI is InChI=1S/C13H10FIN2O/c14-11-7-10(4-5-12(11)16)17-13(18)8-2-1-3-9(15)6-8/h1-7H,16H2,(H,17,18). The predicted molar refractivity (Wildman–Crippen MR) is 77.9 cm³/mol. The highest BCUT2D eigenvalue weighted by Crippen LogP contribution is 2.17. The van der Waals surface area contributed by atoms with Crippen molar-refractivity contribution in [2.75, 3.05) is 11.1 Å². The molecule has 5 heteroatoms. The quantitative estimate of drug-likeness (QED) is 0.641. The van der Waals surface area contributed by atoms with Gasteiger partial charge in [-0.05, 0) is 59.0 Å². The SMILES string of the molecule is Nc1ccc(NC(=O)c2cccc(I)c2)cc1F. The van der Waals surface area contributed by atoms with E-state index in [2.05, 4.69) is 27.9 Å². The number of hydrogen-bond acceptors (Lipinski definition) is 2. The van der Waals surface area contributed by atoms with E-state index in [0.717, 1.165) is 3.57 Å². The maximum Gasteiger partial charge on any atom is 0.255 e. The second kappa shape index (κ2) is 5.34. The van der Waals surface area contributed by atoms with Crippen LogP contribution in [0, 0.1) is 9.39 Å². The van der Waals surface area contributed by atoms with Crippen molar-refractivity contribution in [2.45, 2.75) is 0 Å². The van der Waals surface area contributed by atoms with Crippen molar-refractivity contribution < 1.29 is 9.18 Å². The first-order valence-corrected chi connectivity index (χ1v) is 6.26. The number of hydrogen-bond donors (Lipinski definition) is 2. The van der Waals surface area contributed by atoms with E-state index in [4.69, 9.17) is 5.73 Å². The smallest absolute Gasteiger partial charge is 0.255 e. The lowest BCUT2D eigenvalue weighted by atomic mass is 10.2. The number of anilines is 2. The van der Waals surface area contributed by atoms with E-state index in [0.29, 0.717) is 11.3 Å². The van der Waals surface area contributed by atoms with Crippen LogP contribution in [0.2, 0.25) is 0 Å². The Hall–Kier alpha value is -1.63. The summed E-state index contributed by atoms with van der Waals surface area (Å²) in [5.41, 5.74) is 6.33. The van der Waals surface area contributed by atoms with Crippen LogP contribution in [-0.2, 0) is 0 Å². The average molecular weight is 356 g/mol. The Labute approximate surface area is 117 Å². The lowest BCUT2D eigenvalue weighted by Crippen LogP contribution is -2.12. The lowest BCUT2D eigenvalue weighted by Gasteiger charge is -2.06. The Morgan fingerprint density at radius 3 is 2.67 bits per heavy atom. The van der Waals surface area contributed by atoms with Crippen LogP contribution in [0.5, 0.6) is 0 Å². The molecule has 0 atom stereocenters. The van der Waals surface area contributed by atoms with Crippen LogP contribution < -0.4 is 11.1 Å². The van der Waals surface area contributed by atoms with Crippen LogP contribution in [0.4, 0.5) is 15.8 Å². The molecule has 0 radical (unpaired) electrons. The first kappa shape index (κ1) is 12.8. The number of amides is 1. The van der Waals surface area contributed by atoms with Gasteiger partial charge in [0.25, 0.3) is 5.91 Å². The summed E-state index contributed by atoms with van der Waals surface area (Å²) in [6.45, 7) is 0. The Morgan fingerprint density at radius 1 is 1.22 bits per heavy atom. The fourth-order valence-corrected chi connectivity index (χ4v) is 1.98. The zero-order chi connectivity index (χ0) is 13.1. The summed E-state index contributed by atoms with van der Waals surface area (Å²) in [6.07, 6.45) is 0. The van der Waals surface area contributed by atoms with Gasteiger partial charge in [0.1, 0.15) is 5.82 Å². The van der Waals surface area contributed by atoms with Crippen LogP contribution in [0.3, 0.4) is 0 Å². The Morgan fingerprint density at radius 2 is 2.00 bits per heavy atom. The van der Waals surface area contributed by atoms with E-state index in [9.17, 15) is 9.18 Å². The molecule has 18 heavy (non-hydrogen) atoms. The van der Waals surface area contributed by atoms with Gasteiger partial charge in [0.15, 0.2) is 0 Å². The Balaban J connectivity index is 2.18. The van der Waals surface area contributed by atoms with E-state index in [1.807, 2.05) is 6.07 Å². The van der Waals surface area contributed by atoms with Crippen molar-refractivity contribution in [1.82, 2.24) is 0 Å². The number of benzene rings is 2. The van der Waals surface area contributed by atoms with Crippen molar-refractivity contribution in [3.63, 3.8) is 0 Å². The molecule has 0 saturated heterocycles. The van der Waals surface area contributed by atoms with E-state index in [1.165, 1.54) is 12.1 Å². The molecule has 0 aliphatic carbocycles. The molecule has 0 unspecified atom stereocenters. The van der Waals surface area contributed by atoms with E-state index in [-0.39, 0.29) is 11.6 Å². The van der Waals surface area contributed by atoms with Crippen LogP contribution in [-0.4, -0.2) is 5.91 Å². The molecule has 0 spiro atoms. The van der Waals surface area contributed by atoms with Gasteiger partial charge in [-0.15, -0.1) is 0 Å². The molecule has 0 aliphatic heterocycles. The number of nitrogen functional groups attached to an aromatic ring is 1. The summed E-state index contributed by atoms with van der Waals surface area (Å²) in [5, 5.41) is 2.62. The number of carbonyl (C=O) groups is 1. The van der Waals surface area contributed by atoms with Crippen molar-refractivity contribution in [1.29, 1.82) is 0 Å². The summed E-state index contributed by atoms with van der Waals surface area (Å²) in [6, 6.07) is 11.3. The molecule has 0 fully saturated rings. The fraction of sp³-hybridized carbons (Fsp3) is 0. The van der Waals surface area contributed by atoms with E-state index >= 15 is 0 Å². The largest absolute Gasteiger partial charge is 0.396 e. The molecule has 0 heterocycles.